The van der Waals surface area contributed by atoms with Crippen LogP contribution in [0.2, 0.25) is 0 Å². The monoisotopic (exact) mass is 327 g/mol. The Bertz CT molecular complexity index is 958. The number of benzene rings is 2. The van der Waals surface area contributed by atoms with Crippen LogP contribution >= 0.6 is 0 Å². The zero-order chi connectivity index (χ0) is 17.3. The van der Waals surface area contributed by atoms with Crippen molar-refractivity contribution in [1.29, 1.82) is 5.26 Å². The van der Waals surface area contributed by atoms with Crippen molar-refractivity contribution >= 4 is 5.57 Å². The predicted octanol–water partition coefficient (Wildman–Crippen LogP) is 4.16. The van der Waals surface area contributed by atoms with E-state index in [9.17, 15) is 18.3 Å². The van der Waals surface area contributed by atoms with Crippen LogP contribution in [0.15, 0.2) is 36.9 Å². The minimum absolute atomic E-state index is 0.155. The molecule has 0 heterocycles. The molecule has 1 N–H and O–H groups in total. The summed E-state index contributed by atoms with van der Waals surface area (Å²) in [6.45, 7) is 3.80. The van der Waals surface area contributed by atoms with E-state index < -0.39 is 23.8 Å². The van der Waals surface area contributed by atoms with Gasteiger partial charge in [-0.1, -0.05) is 12.6 Å². The fourth-order valence-corrected chi connectivity index (χ4v) is 3.79. The topological polar surface area (TPSA) is 44.0 Å². The summed E-state index contributed by atoms with van der Waals surface area (Å²) in [6, 6.07) is 8.93. The maximum absolute atomic E-state index is 14.3. The Labute approximate surface area is 136 Å². The molecule has 2 nitrogen and oxygen atoms in total. The maximum atomic E-state index is 14.3. The van der Waals surface area contributed by atoms with Crippen molar-refractivity contribution in [3.63, 3.8) is 0 Å². The van der Waals surface area contributed by atoms with Gasteiger partial charge in [0.2, 0.25) is 0 Å². The Morgan fingerprint density at radius 2 is 1.79 bits per heavy atom. The van der Waals surface area contributed by atoms with Gasteiger partial charge in [0.1, 0.15) is 5.82 Å². The molecule has 4 rings (SSSR count). The average Bonchev–Trinajstić information content (AvgIpc) is 2.89. The normalized spacial score (nSPS) is 23.2. The Morgan fingerprint density at radius 1 is 1.08 bits per heavy atom. The molecule has 0 saturated carbocycles. The number of hydrogen-bond donors (Lipinski definition) is 1. The van der Waals surface area contributed by atoms with Crippen LogP contribution in [0.25, 0.3) is 16.7 Å². The van der Waals surface area contributed by atoms with Crippen molar-refractivity contribution in [3.05, 3.63) is 65.0 Å². The van der Waals surface area contributed by atoms with Crippen LogP contribution in [0.5, 0.6) is 0 Å². The molecule has 1 unspecified atom stereocenters. The van der Waals surface area contributed by atoms with Gasteiger partial charge in [-0.2, -0.15) is 5.26 Å². The van der Waals surface area contributed by atoms with Crippen LogP contribution in [0.3, 0.4) is 0 Å². The highest BCUT2D eigenvalue weighted by molar-refractivity contribution is 5.82. The summed E-state index contributed by atoms with van der Waals surface area (Å²) in [5.41, 5.74) is 0.424. The Morgan fingerprint density at radius 3 is 2.50 bits per heavy atom. The van der Waals surface area contributed by atoms with Gasteiger partial charge in [-0.05, 0) is 52.1 Å². The first-order valence-electron chi connectivity index (χ1n) is 7.42. The van der Waals surface area contributed by atoms with Gasteiger partial charge in [0.05, 0.1) is 11.6 Å². The fraction of sp³-hybridized carbons (Fsp3) is 0.211. The summed E-state index contributed by atoms with van der Waals surface area (Å²) in [7, 11) is 0. The van der Waals surface area contributed by atoms with Crippen LogP contribution < -0.4 is 0 Å². The van der Waals surface area contributed by atoms with Gasteiger partial charge >= 0.3 is 0 Å². The van der Waals surface area contributed by atoms with Crippen molar-refractivity contribution in [3.8, 4) is 17.2 Å². The molecule has 0 amide bonds. The second-order valence-corrected chi connectivity index (χ2v) is 6.42. The highest BCUT2D eigenvalue weighted by Crippen LogP contribution is 2.59. The van der Waals surface area contributed by atoms with Crippen LogP contribution in [-0.4, -0.2) is 11.0 Å². The van der Waals surface area contributed by atoms with Gasteiger partial charge in [0.15, 0.2) is 5.60 Å². The number of alkyl halides is 2. The van der Waals surface area contributed by atoms with Crippen molar-refractivity contribution < 1.29 is 18.3 Å². The molecule has 2 aliphatic rings. The maximum Gasteiger partial charge on any atom is 0.284 e. The lowest BCUT2D eigenvalue weighted by molar-refractivity contribution is -0.169. The number of rotatable bonds is 1. The summed E-state index contributed by atoms with van der Waals surface area (Å²) >= 11 is 0. The highest BCUT2D eigenvalue weighted by atomic mass is 19.3. The van der Waals surface area contributed by atoms with Gasteiger partial charge in [-0.25, -0.2) is 13.2 Å². The summed E-state index contributed by atoms with van der Waals surface area (Å²) < 4.78 is 42.3. The van der Waals surface area contributed by atoms with Gasteiger partial charge in [0, 0.05) is 18.4 Å². The van der Waals surface area contributed by atoms with E-state index in [1.807, 2.05) is 6.07 Å². The molecule has 0 aromatic heterocycles. The molecular weight excluding hydrogens is 315 g/mol. The zero-order valence-corrected chi connectivity index (χ0v) is 12.5. The Hall–Kier alpha value is -2.58. The highest BCUT2D eigenvalue weighted by Gasteiger charge is 2.63. The van der Waals surface area contributed by atoms with E-state index in [-0.39, 0.29) is 17.5 Å². The minimum Gasteiger partial charge on any atom is -0.378 e. The molecule has 0 fully saturated rings. The minimum atomic E-state index is -3.26. The average molecular weight is 327 g/mol. The third-order valence-corrected chi connectivity index (χ3v) is 4.86. The number of hydrogen-bond acceptors (Lipinski definition) is 2. The van der Waals surface area contributed by atoms with E-state index in [2.05, 4.69) is 6.58 Å². The van der Waals surface area contributed by atoms with Crippen LogP contribution in [0, 0.1) is 17.1 Å². The lowest BCUT2D eigenvalue weighted by Gasteiger charge is -2.26. The second kappa shape index (κ2) is 4.49. The molecule has 1 atom stereocenters. The molecule has 0 aliphatic heterocycles. The van der Waals surface area contributed by atoms with E-state index in [0.29, 0.717) is 27.8 Å². The lowest BCUT2D eigenvalue weighted by atomic mass is 9.94. The standard InChI is InChI=1S/C19H12F3NO/c1-10-7-18(24)17-14(8-19(18,21)22)4-13(6-16(10)17)12-2-11(9-23)3-15(20)5-12/h2-6,24H,1,7-8H2. The number of nitriles is 1. The van der Waals surface area contributed by atoms with Crippen molar-refractivity contribution in [2.75, 3.05) is 0 Å². The molecule has 0 radical (unpaired) electrons. The van der Waals surface area contributed by atoms with E-state index in [4.69, 9.17) is 5.26 Å². The van der Waals surface area contributed by atoms with Gasteiger partial charge < -0.3 is 5.11 Å². The third-order valence-electron chi connectivity index (χ3n) is 4.86. The first-order chi connectivity index (χ1) is 11.2. The summed E-state index contributed by atoms with van der Waals surface area (Å²) in [5, 5.41) is 19.5. The predicted molar refractivity (Wildman–Crippen MR) is 82.7 cm³/mol. The molecular formula is C19H12F3NO. The van der Waals surface area contributed by atoms with Crippen LogP contribution in [-0.2, 0) is 12.0 Å². The Balaban J connectivity index is 1.96. The fourth-order valence-electron chi connectivity index (χ4n) is 3.79. The zero-order valence-electron chi connectivity index (χ0n) is 12.5. The van der Waals surface area contributed by atoms with Crippen molar-refractivity contribution in [2.24, 2.45) is 0 Å². The quantitative estimate of drug-likeness (QED) is 0.855. The van der Waals surface area contributed by atoms with E-state index in [0.717, 1.165) is 6.07 Å². The summed E-state index contributed by atoms with van der Waals surface area (Å²) in [4.78, 5) is 0. The van der Waals surface area contributed by atoms with Crippen LogP contribution in [0.1, 0.15) is 28.7 Å². The smallest absolute Gasteiger partial charge is 0.284 e. The lowest BCUT2D eigenvalue weighted by Crippen LogP contribution is -2.40. The SMILES string of the molecule is C=C1CC2(O)c3c(cc(-c4cc(F)cc(C#N)c4)cc31)CC2(F)F. The van der Waals surface area contributed by atoms with E-state index in [1.54, 1.807) is 12.1 Å². The van der Waals surface area contributed by atoms with Crippen molar-refractivity contribution in [2.45, 2.75) is 24.4 Å². The first-order valence-corrected chi connectivity index (χ1v) is 7.42. The number of nitrogens with zero attached hydrogens (tertiary/aromatic N) is 1. The summed E-state index contributed by atoms with van der Waals surface area (Å²) in [5.74, 6) is -3.83. The largest absolute Gasteiger partial charge is 0.378 e. The molecule has 0 spiro atoms. The van der Waals surface area contributed by atoms with Crippen molar-refractivity contribution in [1.82, 2.24) is 0 Å². The first kappa shape index (κ1) is 15.0. The molecule has 120 valence electrons. The van der Waals surface area contributed by atoms with Gasteiger partial charge in [0.25, 0.3) is 5.92 Å². The molecule has 0 bridgehead atoms. The molecule has 24 heavy (non-hydrogen) atoms. The molecule has 5 heteroatoms. The third kappa shape index (κ3) is 1.80. The molecule has 2 aromatic rings. The summed E-state index contributed by atoms with van der Waals surface area (Å²) in [6.07, 6.45) is -0.772. The van der Waals surface area contributed by atoms with Crippen LogP contribution in [0.4, 0.5) is 13.2 Å². The van der Waals surface area contributed by atoms with Gasteiger partial charge in [-0.15, -0.1) is 0 Å². The second-order valence-electron chi connectivity index (χ2n) is 6.42. The number of halogens is 3. The molecule has 2 aliphatic carbocycles. The number of aliphatic hydroxyl groups is 1. The Kier molecular flexibility index (Phi) is 2.80. The molecule has 0 saturated heterocycles. The van der Waals surface area contributed by atoms with Gasteiger partial charge in [-0.3, -0.25) is 0 Å². The van der Waals surface area contributed by atoms with E-state index in [1.165, 1.54) is 12.1 Å². The van der Waals surface area contributed by atoms with E-state index >= 15 is 0 Å². The molecule has 2 aromatic carbocycles.